The summed E-state index contributed by atoms with van der Waals surface area (Å²) >= 11 is 1.47. The molecule has 1 fully saturated rings. The first-order valence-electron chi connectivity index (χ1n) is 9.25. The monoisotopic (exact) mass is 445 g/mol. The number of piperidine rings is 1. The zero-order valence-corrected chi connectivity index (χ0v) is 19.0. The van der Waals surface area contributed by atoms with E-state index in [9.17, 15) is 4.79 Å². The Bertz CT molecular complexity index is 757. The van der Waals surface area contributed by atoms with Crippen LogP contribution in [0.4, 0.5) is 0 Å². The third kappa shape index (κ3) is 5.60. The van der Waals surface area contributed by atoms with Crippen LogP contribution in [0.1, 0.15) is 42.1 Å². The number of carbonyl (C=O) groups is 1. The quantitative estimate of drug-likeness (QED) is 0.731. The normalized spacial score (nSPS) is 15.4. The van der Waals surface area contributed by atoms with Crippen molar-refractivity contribution < 1.29 is 9.53 Å². The highest BCUT2D eigenvalue weighted by molar-refractivity contribution is 7.17. The predicted octanol–water partition coefficient (Wildman–Crippen LogP) is 4.56. The van der Waals surface area contributed by atoms with Crippen LogP contribution in [-0.2, 0) is 0 Å². The molecule has 0 saturated carbocycles. The van der Waals surface area contributed by atoms with Crippen LogP contribution in [0.3, 0.4) is 0 Å². The number of rotatable bonds is 5. The van der Waals surface area contributed by atoms with Gasteiger partial charge in [0.25, 0.3) is 5.91 Å². The Morgan fingerprint density at radius 2 is 1.89 bits per heavy atom. The van der Waals surface area contributed by atoms with E-state index in [0.29, 0.717) is 12.5 Å². The maximum atomic E-state index is 12.9. The van der Waals surface area contributed by atoms with E-state index in [0.717, 1.165) is 52.8 Å². The Labute approximate surface area is 183 Å². The number of hydrogen-bond donors (Lipinski definition) is 1. The Hall–Kier alpha value is -1.34. The lowest BCUT2D eigenvalue weighted by molar-refractivity contribution is 0.0685. The molecule has 1 aliphatic heterocycles. The van der Waals surface area contributed by atoms with Crippen molar-refractivity contribution in [2.75, 3.05) is 19.7 Å². The molecule has 8 heteroatoms. The van der Waals surface area contributed by atoms with Gasteiger partial charge in [-0.1, -0.05) is 0 Å². The molecule has 5 nitrogen and oxygen atoms in total. The molecule has 2 aromatic rings. The fraction of sp³-hybridized carbons (Fsp3) is 0.500. The van der Waals surface area contributed by atoms with Crippen LogP contribution in [0.2, 0.25) is 0 Å². The molecule has 1 unspecified atom stereocenters. The lowest BCUT2D eigenvalue weighted by Crippen LogP contribution is -2.42. The van der Waals surface area contributed by atoms with Gasteiger partial charge >= 0.3 is 0 Å². The number of ether oxygens (including phenoxy) is 1. The number of aryl methyl sites for hydroxylation is 1. The summed E-state index contributed by atoms with van der Waals surface area (Å²) in [5, 5.41) is 0.874. The zero-order valence-electron chi connectivity index (χ0n) is 16.5. The largest absolute Gasteiger partial charge is 0.494 e. The molecule has 28 heavy (non-hydrogen) atoms. The second-order valence-corrected chi connectivity index (χ2v) is 7.88. The van der Waals surface area contributed by atoms with Gasteiger partial charge in [-0.25, -0.2) is 4.98 Å². The summed E-state index contributed by atoms with van der Waals surface area (Å²) in [5.74, 6) is 1.46. The van der Waals surface area contributed by atoms with Crippen LogP contribution in [0.15, 0.2) is 24.3 Å². The lowest BCUT2D eigenvalue weighted by atomic mass is 9.91. The van der Waals surface area contributed by atoms with Crippen LogP contribution in [0, 0.1) is 12.8 Å². The summed E-state index contributed by atoms with van der Waals surface area (Å²) in [6.45, 7) is 8.14. The zero-order chi connectivity index (χ0) is 18.7. The highest BCUT2D eigenvalue weighted by Crippen LogP contribution is 2.31. The molecule has 156 valence electrons. The molecule has 0 bridgehead atoms. The third-order valence-electron chi connectivity index (χ3n) is 4.97. The molecule has 2 heterocycles. The molecule has 0 radical (unpaired) electrons. The van der Waals surface area contributed by atoms with E-state index in [2.05, 4.69) is 11.9 Å². The van der Waals surface area contributed by atoms with Gasteiger partial charge in [0.05, 0.1) is 12.3 Å². The molecule has 1 aromatic carbocycles. The van der Waals surface area contributed by atoms with Crippen molar-refractivity contribution in [1.29, 1.82) is 0 Å². The third-order valence-corrected chi connectivity index (χ3v) is 6.17. The van der Waals surface area contributed by atoms with Crippen molar-refractivity contribution in [2.45, 2.75) is 39.7 Å². The highest BCUT2D eigenvalue weighted by atomic mass is 35.5. The van der Waals surface area contributed by atoms with Gasteiger partial charge in [-0.05, 0) is 63.8 Å². The second-order valence-electron chi connectivity index (χ2n) is 6.88. The lowest BCUT2D eigenvalue weighted by Gasteiger charge is -2.33. The van der Waals surface area contributed by atoms with Crippen molar-refractivity contribution in [3.05, 3.63) is 34.8 Å². The van der Waals surface area contributed by atoms with Crippen LogP contribution in [-0.4, -0.2) is 41.5 Å². The van der Waals surface area contributed by atoms with Gasteiger partial charge in [0.1, 0.15) is 15.6 Å². The predicted molar refractivity (Wildman–Crippen MR) is 120 cm³/mol. The molecule has 2 N–H and O–H groups in total. The summed E-state index contributed by atoms with van der Waals surface area (Å²) in [7, 11) is 0. The van der Waals surface area contributed by atoms with Crippen LogP contribution < -0.4 is 10.5 Å². The number of hydrogen-bond acceptors (Lipinski definition) is 5. The SMILES string of the molecule is CCOc1ccc(-c2nc(C)c(C(=O)N3CCC(C(C)N)CC3)s2)cc1.Cl.Cl. The minimum absolute atomic E-state index is 0. The van der Waals surface area contributed by atoms with Gasteiger partial charge < -0.3 is 15.4 Å². The molecule has 1 atom stereocenters. The van der Waals surface area contributed by atoms with Gasteiger partial charge in [-0.15, -0.1) is 36.2 Å². The first kappa shape index (κ1) is 24.7. The molecule has 1 saturated heterocycles. The van der Waals surface area contributed by atoms with Crippen molar-refractivity contribution >= 4 is 42.1 Å². The molecule has 1 amide bonds. The first-order valence-corrected chi connectivity index (χ1v) is 10.1. The van der Waals surface area contributed by atoms with Gasteiger partial charge in [0.15, 0.2) is 0 Å². The number of likely N-dealkylation sites (tertiary alicyclic amines) is 1. The number of nitrogens with zero attached hydrogens (tertiary/aromatic N) is 2. The van der Waals surface area contributed by atoms with Gasteiger partial charge in [-0.3, -0.25) is 4.79 Å². The van der Waals surface area contributed by atoms with Crippen LogP contribution in [0.5, 0.6) is 5.75 Å². The number of amides is 1. The van der Waals surface area contributed by atoms with E-state index >= 15 is 0 Å². The standard InChI is InChI=1S/C20H27N3O2S.2ClH/c1-4-25-17-7-5-16(6-8-17)19-22-14(3)18(26-19)20(24)23-11-9-15(10-12-23)13(2)21;;/h5-8,13,15H,4,9-12,21H2,1-3H3;2*1H. The van der Waals surface area contributed by atoms with Crippen molar-refractivity contribution in [3.8, 4) is 16.3 Å². The number of nitrogens with two attached hydrogens (primary N) is 1. The summed E-state index contributed by atoms with van der Waals surface area (Å²) in [6, 6.07) is 8.06. The Morgan fingerprint density at radius 1 is 1.29 bits per heavy atom. The van der Waals surface area contributed by atoms with E-state index in [-0.39, 0.29) is 36.8 Å². The smallest absolute Gasteiger partial charge is 0.265 e. The highest BCUT2D eigenvalue weighted by Gasteiger charge is 2.27. The molecule has 1 aromatic heterocycles. The van der Waals surface area contributed by atoms with Crippen molar-refractivity contribution in [2.24, 2.45) is 11.7 Å². The Kier molecular flexibility index (Phi) is 9.70. The average molecular weight is 446 g/mol. The number of thiazole rings is 1. The summed E-state index contributed by atoms with van der Waals surface area (Å²) in [4.78, 5) is 20.2. The fourth-order valence-corrected chi connectivity index (χ4v) is 4.39. The number of halogens is 2. The second kappa shape index (κ2) is 11.0. The summed E-state index contributed by atoms with van der Waals surface area (Å²) in [5.41, 5.74) is 7.82. The molecule has 0 spiro atoms. The van der Waals surface area contributed by atoms with E-state index in [1.807, 2.05) is 43.0 Å². The maximum Gasteiger partial charge on any atom is 0.265 e. The van der Waals surface area contributed by atoms with Gasteiger partial charge in [0, 0.05) is 24.7 Å². The number of carbonyl (C=O) groups excluding carboxylic acids is 1. The molecule has 0 aliphatic carbocycles. The number of aromatic nitrogens is 1. The fourth-order valence-electron chi connectivity index (χ4n) is 3.35. The van der Waals surface area contributed by atoms with E-state index < -0.39 is 0 Å². The summed E-state index contributed by atoms with van der Waals surface area (Å²) < 4.78 is 5.48. The maximum absolute atomic E-state index is 12.9. The minimum Gasteiger partial charge on any atom is -0.494 e. The first-order chi connectivity index (χ1) is 12.5. The molecular weight excluding hydrogens is 417 g/mol. The Morgan fingerprint density at radius 3 is 2.43 bits per heavy atom. The molecular formula is C20H29Cl2N3O2S. The van der Waals surface area contributed by atoms with E-state index in [4.69, 9.17) is 10.5 Å². The Balaban J connectivity index is 0.00000196. The topological polar surface area (TPSA) is 68.5 Å². The number of benzene rings is 1. The average Bonchev–Trinajstić information content (AvgIpc) is 3.04. The van der Waals surface area contributed by atoms with E-state index in [1.54, 1.807) is 0 Å². The van der Waals surface area contributed by atoms with E-state index in [1.165, 1.54) is 11.3 Å². The van der Waals surface area contributed by atoms with Gasteiger partial charge in [0.2, 0.25) is 0 Å². The molecule has 1 aliphatic rings. The minimum atomic E-state index is 0. The van der Waals surface area contributed by atoms with Crippen LogP contribution in [0.25, 0.3) is 10.6 Å². The molecule has 3 rings (SSSR count). The van der Waals surface area contributed by atoms with Crippen LogP contribution >= 0.6 is 36.2 Å². The van der Waals surface area contributed by atoms with Crippen molar-refractivity contribution in [1.82, 2.24) is 9.88 Å². The van der Waals surface area contributed by atoms with Crippen molar-refractivity contribution in [3.63, 3.8) is 0 Å². The summed E-state index contributed by atoms with van der Waals surface area (Å²) in [6.07, 6.45) is 1.96. The van der Waals surface area contributed by atoms with Gasteiger partial charge in [-0.2, -0.15) is 0 Å².